The first-order valence-electron chi connectivity index (χ1n) is 7.21. The molecular weight excluding hydrogens is 318 g/mol. The molecule has 1 aromatic rings. The molecule has 0 bridgehead atoms. The van der Waals surface area contributed by atoms with E-state index >= 15 is 0 Å². The number of ether oxygens (including phenoxy) is 2. The predicted molar refractivity (Wildman–Crippen MR) is 85.3 cm³/mol. The van der Waals surface area contributed by atoms with E-state index in [-0.39, 0.29) is 0 Å². The van der Waals surface area contributed by atoms with Gasteiger partial charge in [-0.05, 0) is 37.8 Å². The Morgan fingerprint density at radius 3 is 2.20 bits per heavy atom. The highest BCUT2D eigenvalue weighted by Gasteiger charge is 2.32. The summed E-state index contributed by atoms with van der Waals surface area (Å²) in [5.41, 5.74) is 1.28. The molecule has 0 radical (unpaired) electrons. The van der Waals surface area contributed by atoms with E-state index in [0.29, 0.717) is 0 Å². The predicted octanol–water partition coefficient (Wildman–Crippen LogP) is 3.99. The lowest BCUT2D eigenvalue weighted by Crippen LogP contribution is -2.46. The highest BCUT2D eigenvalue weighted by Crippen LogP contribution is 2.36. The van der Waals surface area contributed by atoms with Gasteiger partial charge in [-0.2, -0.15) is 0 Å². The lowest BCUT2D eigenvalue weighted by atomic mass is 10.1. The summed E-state index contributed by atoms with van der Waals surface area (Å²) in [6.07, 6.45) is 5.44. The highest BCUT2D eigenvalue weighted by molar-refractivity contribution is 9.10. The van der Waals surface area contributed by atoms with Crippen LogP contribution in [0.1, 0.15) is 31.2 Å². The average molecular weight is 343 g/mol. The van der Waals surface area contributed by atoms with Gasteiger partial charge in [0, 0.05) is 10.0 Å². The van der Waals surface area contributed by atoms with Crippen molar-refractivity contribution in [2.24, 2.45) is 0 Å². The van der Waals surface area contributed by atoms with Crippen LogP contribution in [0.15, 0.2) is 16.6 Å². The van der Waals surface area contributed by atoms with Crippen LogP contribution in [0, 0.1) is 0 Å². The van der Waals surface area contributed by atoms with Gasteiger partial charge >= 0.3 is 0 Å². The van der Waals surface area contributed by atoms with Gasteiger partial charge in [0.2, 0.25) is 0 Å². The van der Waals surface area contributed by atoms with Crippen LogP contribution in [0.4, 0.5) is 0 Å². The minimum Gasteiger partial charge on any atom is -0.493 e. The summed E-state index contributed by atoms with van der Waals surface area (Å²) in [7, 11) is 8.02. The molecule has 0 amide bonds. The van der Waals surface area contributed by atoms with E-state index < -0.39 is 0 Å². The molecule has 1 aliphatic rings. The molecule has 0 saturated heterocycles. The molecule has 3 nitrogen and oxygen atoms in total. The minimum atomic E-state index is 0.772. The summed E-state index contributed by atoms with van der Waals surface area (Å²) >= 11 is 3.67. The number of nitrogens with zero attached hydrogens (tertiary/aromatic N) is 1. The van der Waals surface area contributed by atoms with Gasteiger partial charge in [-0.25, -0.2) is 0 Å². The zero-order chi connectivity index (χ0) is 14.8. The van der Waals surface area contributed by atoms with Gasteiger partial charge in [-0.15, -0.1) is 0 Å². The molecule has 112 valence electrons. The Labute approximate surface area is 130 Å². The summed E-state index contributed by atoms with van der Waals surface area (Å²) in [6, 6.07) is 4.87. The van der Waals surface area contributed by atoms with Crippen LogP contribution >= 0.6 is 15.9 Å². The molecule has 1 aromatic carbocycles. The Balaban J connectivity index is 2.24. The zero-order valence-corrected chi connectivity index (χ0v) is 14.5. The Bertz CT molecular complexity index is 468. The van der Waals surface area contributed by atoms with Gasteiger partial charge in [-0.3, -0.25) is 0 Å². The second-order valence-corrected chi connectivity index (χ2v) is 7.03. The van der Waals surface area contributed by atoms with E-state index in [0.717, 1.165) is 33.0 Å². The molecule has 0 atom stereocenters. The van der Waals surface area contributed by atoms with Crippen molar-refractivity contribution in [1.82, 2.24) is 0 Å². The van der Waals surface area contributed by atoms with Crippen LogP contribution in [-0.4, -0.2) is 38.8 Å². The van der Waals surface area contributed by atoms with E-state index in [2.05, 4.69) is 36.1 Å². The fourth-order valence-corrected chi connectivity index (χ4v) is 3.64. The Morgan fingerprint density at radius 1 is 1.10 bits per heavy atom. The van der Waals surface area contributed by atoms with E-state index in [1.807, 2.05) is 6.07 Å². The lowest BCUT2D eigenvalue weighted by molar-refractivity contribution is -0.927. The molecule has 1 saturated carbocycles. The Kier molecular flexibility index (Phi) is 4.97. The second-order valence-electron chi connectivity index (χ2n) is 6.17. The van der Waals surface area contributed by atoms with Crippen molar-refractivity contribution >= 4 is 15.9 Å². The number of benzene rings is 1. The normalized spacial score (nSPS) is 16.4. The largest absolute Gasteiger partial charge is 0.493 e. The van der Waals surface area contributed by atoms with Crippen molar-refractivity contribution in [1.29, 1.82) is 0 Å². The van der Waals surface area contributed by atoms with Crippen molar-refractivity contribution < 1.29 is 14.0 Å². The number of methoxy groups -OCH3 is 2. The number of hydrogen-bond acceptors (Lipinski definition) is 2. The molecule has 0 unspecified atom stereocenters. The summed E-state index contributed by atoms with van der Waals surface area (Å²) in [5.74, 6) is 1.58. The summed E-state index contributed by atoms with van der Waals surface area (Å²) in [4.78, 5) is 0. The zero-order valence-electron chi connectivity index (χ0n) is 12.9. The Hall–Kier alpha value is -0.740. The first-order chi connectivity index (χ1) is 9.47. The van der Waals surface area contributed by atoms with E-state index in [9.17, 15) is 0 Å². The lowest BCUT2D eigenvalue weighted by Gasteiger charge is -2.36. The van der Waals surface area contributed by atoms with Crippen LogP contribution in [0.5, 0.6) is 11.5 Å². The summed E-state index contributed by atoms with van der Waals surface area (Å²) < 4.78 is 12.9. The second kappa shape index (κ2) is 6.35. The molecule has 0 N–H and O–H groups in total. The fraction of sp³-hybridized carbons (Fsp3) is 0.625. The molecule has 2 rings (SSSR count). The van der Waals surface area contributed by atoms with Crippen LogP contribution in [0.3, 0.4) is 0 Å². The van der Waals surface area contributed by atoms with Crippen molar-refractivity contribution in [2.45, 2.75) is 38.3 Å². The van der Waals surface area contributed by atoms with Gasteiger partial charge < -0.3 is 14.0 Å². The number of rotatable bonds is 5. The third kappa shape index (κ3) is 3.29. The maximum Gasteiger partial charge on any atom is 0.161 e. The molecule has 0 aliphatic heterocycles. The number of quaternary nitrogens is 1. The van der Waals surface area contributed by atoms with Crippen molar-refractivity contribution in [2.75, 3.05) is 28.3 Å². The number of hydrogen-bond donors (Lipinski definition) is 0. The third-order valence-corrected chi connectivity index (χ3v) is 5.18. The molecule has 0 spiro atoms. The van der Waals surface area contributed by atoms with Gasteiger partial charge in [0.15, 0.2) is 11.5 Å². The minimum absolute atomic E-state index is 0.772. The van der Waals surface area contributed by atoms with Crippen molar-refractivity contribution in [3.8, 4) is 11.5 Å². The van der Waals surface area contributed by atoms with Crippen LogP contribution < -0.4 is 9.47 Å². The average Bonchev–Trinajstić information content (AvgIpc) is 2.95. The van der Waals surface area contributed by atoms with Gasteiger partial charge in [-0.1, -0.05) is 15.9 Å². The summed E-state index contributed by atoms with van der Waals surface area (Å²) in [5, 5.41) is 0. The molecule has 0 heterocycles. The van der Waals surface area contributed by atoms with E-state index in [1.54, 1.807) is 14.2 Å². The van der Waals surface area contributed by atoms with Crippen molar-refractivity contribution in [3.63, 3.8) is 0 Å². The number of halogens is 1. The van der Waals surface area contributed by atoms with Crippen molar-refractivity contribution in [3.05, 3.63) is 22.2 Å². The molecule has 4 heteroatoms. The van der Waals surface area contributed by atoms with Gasteiger partial charge in [0.05, 0.1) is 34.4 Å². The third-order valence-electron chi connectivity index (χ3n) is 4.44. The maximum absolute atomic E-state index is 5.42. The highest BCUT2D eigenvalue weighted by atomic mass is 79.9. The fourth-order valence-electron chi connectivity index (χ4n) is 3.19. The molecule has 1 aliphatic carbocycles. The van der Waals surface area contributed by atoms with E-state index in [1.165, 1.54) is 31.2 Å². The maximum atomic E-state index is 5.42. The monoisotopic (exact) mass is 342 g/mol. The SMILES string of the molecule is COc1cc(Br)c(C[N+](C)(C)C2CCCC2)cc1OC. The molecular formula is C16H25BrNO2+. The first kappa shape index (κ1) is 15.6. The quantitative estimate of drug-likeness (QED) is 0.753. The topological polar surface area (TPSA) is 18.5 Å². The molecule has 1 fully saturated rings. The summed E-state index contributed by atoms with van der Waals surface area (Å²) in [6.45, 7) is 1.01. The standard InChI is InChI=1S/C16H25BrNO2/c1-18(2,13-7-5-6-8-13)11-12-9-15(19-3)16(20-4)10-14(12)17/h9-10,13H,5-8,11H2,1-4H3/q+1. The van der Waals surface area contributed by atoms with E-state index in [4.69, 9.17) is 9.47 Å². The first-order valence-corrected chi connectivity index (χ1v) is 8.00. The molecule has 0 aromatic heterocycles. The Morgan fingerprint density at radius 2 is 1.65 bits per heavy atom. The van der Waals surface area contributed by atoms with Crippen LogP contribution in [0.25, 0.3) is 0 Å². The van der Waals surface area contributed by atoms with Crippen LogP contribution in [-0.2, 0) is 6.54 Å². The smallest absolute Gasteiger partial charge is 0.161 e. The van der Waals surface area contributed by atoms with Gasteiger partial charge in [0.1, 0.15) is 6.54 Å². The van der Waals surface area contributed by atoms with Gasteiger partial charge in [0.25, 0.3) is 0 Å². The van der Waals surface area contributed by atoms with Crippen LogP contribution in [0.2, 0.25) is 0 Å². The molecule has 20 heavy (non-hydrogen) atoms.